The molecule has 112 valence electrons. The van der Waals surface area contributed by atoms with Crippen LogP contribution in [0.3, 0.4) is 0 Å². The van der Waals surface area contributed by atoms with Gasteiger partial charge in [-0.2, -0.15) is 30.7 Å². The average molecular weight is 295 g/mol. The molecule has 0 saturated heterocycles. The maximum atomic E-state index is 12.9. The van der Waals surface area contributed by atoms with Gasteiger partial charge in [-0.3, -0.25) is 4.79 Å². The molecule has 0 aliphatic rings. The first-order chi connectivity index (χ1) is 8.05. The molecule has 0 aromatic rings. The van der Waals surface area contributed by atoms with Gasteiger partial charge < -0.3 is 5.73 Å². The lowest BCUT2D eigenvalue weighted by Gasteiger charge is -2.27. The second kappa shape index (κ2) is 4.68. The number of carbonyl (C=O) groups is 1. The Labute approximate surface area is 104 Å². The minimum absolute atomic E-state index is 0.0976. The fraction of sp³-hybridized carbons (Fsp3) is 0.700. The molecular weight excluding hydrogens is 283 g/mol. The molecule has 0 aliphatic carbocycles. The van der Waals surface area contributed by atoms with Gasteiger partial charge in [0.1, 0.15) is 0 Å². The molecule has 0 atom stereocenters. The summed E-state index contributed by atoms with van der Waals surface area (Å²) in [6.07, 6.45) is -6.64. The lowest BCUT2D eigenvalue weighted by Crippen LogP contribution is -2.55. The van der Waals surface area contributed by atoms with E-state index < -0.39 is 34.9 Å². The Morgan fingerprint density at radius 2 is 1.32 bits per heavy atom. The summed E-state index contributed by atoms with van der Waals surface area (Å²) < 4.78 is 86.4. The predicted molar refractivity (Wildman–Crippen MR) is 52.7 cm³/mol. The van der Waals surface area contributed by atoms with Crippen molar-refractivity contribution >= 4 is 5.78 Å². The van der Waals surface area contributed by atoms with E-state index in [4.69, 9.17) is 5.73 Å². The highest BCUT2D eigenvalue weighted by molar-refractivity contribution is 5.97. The Kier molecular flexibility index (Phi) is 4.36. The van der Waals surface area contributed by atoms with Crippen LogP contribution in [-0.4, -0.2) is 23.8 Å². The quantitative estimate of drug-likeness (QED) is 0.641. The maximum Gasteiger partial charge on any atom is 0.460 e. The summed E-state index contributed by atoms with van der Waals surface area (Å²) in [6.45, 7) is 4.10. The number of halogens is 7. The topological polar surface area (TPSA) is 43.1 Å². The van der Waals surface area contributed by atoms with Crippen LogP contribution in [0.25, 0.3) is 0 Å². The fourth-order valence-electron chi connectivity index (χ4n) is 0.781. The number of hydrogen-bond acceptors (Lipinski definition) is 2. The highest BCUT2D eigenvalue weighted by Gasteiger charge is 2.75. The minimum atomic E-state index is -6.55. The van der Waals surface area contributed by atoms with Crippen LogP contribution in [0.15, 0.2) is 11.8 Å². The molecule has 0 heterocycles. The molecule has 0 saturated carbocycles. The fourth-order valence-corrected chi connectivity index (χ4v) is 0.781. The summed E-state index contributed by atoms with van der Waals surface area (Å²) in [5.41, 5.74) is 3.62. The number of alkyl halides is 7. The minimum Gasteiger partial charge on any atom is -0.402 e. The van der Waals surface area contributed by atoms with E-state index in [0.717, 1.165) is 0 Å². The van der Waals surface area contributed by atoms with Crippen molar-refractivity contribution in [3.63, 3.8) is 0 Å². The number of carbonyl (C=O) groups excluding carboxylic acids is 1. The highest BCUT2D eigenvalue weighted by Crippen LogP contribution is 2.47. The summed E-state index contributed by atoms with van der Waals surface area (Å²) >= 11 is 0. The first-order valence-corrected chi connectivity index (χ1v) is 4.89. The summed E-state index contributed by atoms with van der Waals surface area (Å²) in [4.78, 5) is 10.9. The highest BCUT2D eigenvalue weighted by atomic mass is 19.4. The smallest absolute Gasteiger partial charge is 0.402 e. The van der Waals surface area contributed by atoms with E-state index in [2.05, 4.69) is 0 Å². The van der Waals surface area contributed by atoms with Crippen LogP contribution in [0.2, 0.25) is 0 Å². The molecule has 0 aliphatic heterocycles. The molecule has 19 heavy (non-hydrogen) atoms. The Morgan fingerprint density at radius 3 is 1.58 bits per heavy atom. The van der Waals surface area contributed by atoms with Crippen molar-refractivity contribution < 1.29 is 35.5 Å². The van der Waals surface area contributed by atoms with Crippen molar-refractivity contribution in [2.75, 3.05) is 0 Å². The van der Waals surface area contributed by atoms with Gasteiger partial charge in [0, 0.05) is 17.2 Å². The first kappa shape index (κ1) is 17.7. The lowest BCUT2D eigenvalue weighted by atomic mass is 9.90. The molecule has 0 aromatic heterocycles. The third kappa shape index (κ3) is 3.38. The van der Waals surface area contributed by atoms with E-state index in [0.29, 0.717) is 0 Å². The summed E-state index contributed by atoms with van der Waals surface area (Å²) in [6, 6.07) is 0. The monoisotopic (exact) mass is 295 g/mol. The number of ketones is 1. The SMILES string of the molecule is CC(C)(C)C(N)=CC(=O)C(F)(F)C(F)(F)C(F)(F)F. The molecule has 0 spiro atoms. The molecular formula is C10H12F7NO. The largest absolute Gasteiger partial charge is 0.460 e. The van der Waals surface area contributed by atoms with Crippen LogP contribution in [0.4, 0.5) is 30.7 Å². The number of rotatable bonds is 3. The van der Waals surface area contributed by atoms with E-state index in [1.54, 1.807) is 0 Å². The van der Waals surface area contributed by atoms with Crippen LogP contribution in [0.1, 0.15) is 20.8 Å². The second-order valence-corrected chi connectivity index (χ2v) is 4.86. The molecule has 0 fully saturated rings. The second-order valence-electron chi connectivity index (χ2n) is 4.86. The summed E-state index contributed by atoms with van der Waals surface area (Å²) in [5.74, 6) is -15.1. The van der Waals surface area contributed by atoms with Crippen molar-refractivity contribution in [3.8, 4) is 0 Å². The van der Waals surface area contributed by atoms with E-state index in [1.807, 2.05) is 0 Å². The lowest BCUT2D eigenvalue weighted by molar-refractivity contribution is -0.342. The van der Waals surface area contributed by atoms with Gasteiger partial charge in [-0.1, -0.05) is 20.8 Å². The first-order valence-electron chi connectivity index (χ1n) is 4.89. The van der Waals surface area contributed by atoms with Gasteiger partial charge >= 0.3 is 18.0 Å². The molecule has 0 rings (SSSR count). The number of nitrogens with two attached hydrogens (primary N) is 1. The Balaban J connectivity index is 5.54. The zero-order chi connectivity index (χ0) is 15.9. The van der Waals surface area contributed by atoms with E-state index in [9.17, 15) is 35.5 Å². The standard InChI is InChI=1S/C10H12F7NO/c1-7(2,3)5(18)4-6(19)8(11,12)9(13,14)10(15,16)17/h4H,18H2,1-3H3. The van der Waals surface area contributed by atoms with E-state index in [-0.39, 0.29) is 6.08 Å². The summed E-state index contributed by atoms with van der Waals surface area (Å²) in [5, 5.41) is 0. The zero-order valence-corrected chi connectivity index (χ0v) is 10.2. The summed E-state index contributed by atoms with van der Waals surface area (Å²) in [7, 11) is 0. The van der Waals surface area contributed by atoms with Gasteiger partial charge in [0.2, 0.25) is 5.78 Å². The molecule has 9 heteroatoms. The van der Waals surface area contributed by atoms with Crippen molar-refractivity contribution in [1.29, 1.82) is 0 Å². The van der Waals surface area contributed by atoms with Crippen molar-refractivity contribution in [3.05, 3.63) is 11.8 Å². The molecule has 2 N–H and O–H groups in total. The molecule has 0 radical (unpaired) electrons. The van der Waals surface area contributed by atoms with Gasteiger partial charge in [-0.25, -0.2) is 0 Å². The Bertz CT molecular complexity index is 390. The third-order valence-corrected chi connectivity index (χ3v) is 2.21. The van der Waals surface area contributed by atoms with Crippen molar-refractivity contribution in [2.24, 2.45) is 11.1 Å². The van der Waals surface area contributed by atoms with Crippen LogP contribution < -0.4 is 5.73 Å². The van der Waals surface area contributed by atoms with Crippen LogP contribution >= 0.6 is 0 Å². The van der Waals surface area contributed by atoms with Gasteiger partial charge in [0.05, 0.1) is 0 Å². The van der Waals surface area contributed by atoms with Crippen molar-refractivity contribution in [2.45, 2.75) is 38.8 Å². The molecule has 2 nitrogen and oxygen atoms in total. The molecule has 0 unspecified atom stereocenters. The maximum absolute atomic E-state index is 12.9. The predicted octanol–water partition coefficient (Wildman–Crippen LogP) is 3.28. The Morgan fingerprint density at radius 1 is 0.947 bits per heavy atom. The zero-order valence-electron chi connectivity index (χ0n) is 10.2. The number of allylic oxidation sites excluding steroid dienone is 2. The van der Waals surface area contributed by atoms with Gasteiger partial charge in [0.25, 0.3) is 0 Å². The van der Waals surface area contributed by atoms with E-state index >= 15 is 0 Å². The van der Waals surface area contributed by atoms with Gasteiger partial charge in [-0.15, -0.1) is 0 Å². The Hall–Kier alpha value is -1.28. The van der Waals surface area contributed by atoms with E-state index in [1.165, 1.54) is 20.8 Å². The van der Waals surface area contributed by atoms with Gasteiger partial charge in [0.15, 0.2) is 0 Å². The molecule has 0 amide bonds. The molecule has 0 aromatic carbocycles. The van der Waals surface area contributed by atoms with Gasteiger partial charge in [-0.05, 0) is 0 Å². The number of hydrogen-bond donors (Lipinski definition) is 1. The van der Waals surface area contributed by atoms with Crippen LogP contribution in [0, 0.1) is 5.41 Å². The molecule has 0 bridgehead atoms. The third-order valence-electron chi connectivity index (χ3n) is 2.21. The van der Waals surface area contributed by atoms with Crippen molar-refractivity contribution in [1.82, 2.24) is 0 Å². The normalized spacial score (nSPS) is 15.6. The van der Waals surface area contributed by atoms with Crippen LogP contribution in [0.5, 0.6) is 0 Å². The average Bonchev–Trinajstić information content (AvgIpc) is 2.13. The van der Waals surface area contributed by atoms with Crippen LogP contribution in [-0.2, 0) is 4.79 Å².